The van der Waals surface area contributed by atoms with Crippen LogP contribution in [-0.2, 0) is 17.8 Å². The van der Waals surface area contributed by atoms with E-state index in [2.05, 4.69) is 16.0 Å². The van der Waals surface area contributed by atoms with Gasteiger partial charge in [0.1, 0.15) is 23.9 Å². The number of unbranched alkanes of at least 4 members (excludes halogenated alkanes) is 2. The van der Waals surface area contributed by atoms with Gasteiger partial charge in [-0.25, -0.2) is 4.98 Å². The van der Waals surface area contributed by atoms with E-state index in [4.69, 9.17) is 26.1 Å². The number of imidazole rings is 1. The van der Waals surface area contributed by atoms with Crippen molar-refractivity contribution in [3.8, 4) is 11.5 Å². The highest BCUT2D eigenvalue weighted by atomic mass is 35.5. The molecule has 0 fully saturated rings. The summed E-state index contributed by atoms with van der Waals surface area (Å²) in [5.74, 6) is 2.34. The Balaban J connectivity index is 1.21. The van der Waals surface area contributed by atoms with Crippen LogP contribution in [0.4, 0.5) is 0 Å². The second kappa shape index (κ2) is 12.8. The van der Waals surface area contributed by atoms with Crippen molar-refractivity contribution in [2.45, 2.75) is 32.2 Å². The molecule has 0 bridgehead atoms. The van der Waals surface area contributed by atoms with Crippen LogP contribution in [0.25, 0.3) is 11.0 Å². The molecule has 0 saturated carbocycles. The van der Waals surface area contributed by atoms with Crippen LogP contribution in [0, 0.1) is 0 Å². The van der Waals surface area contributed by atoms with Gasteiger partial charge in [0.2, 0.25) is 0 Å². The number of hydrogen-bond donors (Lipinski definition) is 1. The van der Waals surface area contributed by atoms with E-state index in [9.17, 15) is 4.79 Å². The van der Waals surface area contributed by atoms with E-state index in [1.807, 2.05) is 72.8 Å². The van der Waals surface area contributed by atoms with Crippen molar-refractivity contribution in [3.05, 3.63) is 89.7 Å². The van der Waals surface area contributed by atoms with Gasteiger partial charge in [-0.05, 0) is 49.2 Å². The van der Waals surface area contributed by atoms with Gasteiger partial charge in [-0.1, -0.05) is 60.5 Å². The zero-order valence-electron chi connectivity index (χ0n) is 19.7. The SMILES string of the molecule is O=C(COc1ccccc1)NCCCCCc1nc2ccccc2n1CCOc1ccccc1Cl. The number of para-hydroxylation sites is 4. The number of rotatable bonds is 13. The molecule has 35 heavy (non-hydrogen) atoms. The molecule has 3 aromatic carbocycles. The predicted octanol–water partition coefficient (Wildman–Crippen LogP) is 5.68. The molecule has 0 unspecified atom stereocenters. The number of nitrogens with one attached hydrogen (secondary N) is 1. The standard InChI is InChI=1S/C28H30ClN3O3/c29-23-13-6-9-16-26(23)34-20-19-32-25-15-8-7-14-24(25)31-27(32)17-5-2-10-18-30-28(33)21-35-22-11-3-1-4-12-22/h1,3-4,6-9,11-16H,2,5,10,17-21H2,(H,30,33). The fourth-order valence-electron chi connectivity index (χ4n) is 3.90. The molecule has 1 aromatic heterocycles. The van der Waals surface area contributed by atoms with Gasteiger partial charge in [0, 0.05) is 13.0 Å². The number of aromatic nitrogens is 2. The van der Waals surface area contributed by atoms with Gasteiger partial charge < -0.3 is 19.4 Å². The summed E-state index contributed by atoms with van der Waals surface area (Å²) in [6.45, 7) is 1.87. The third kappa shape index (κ3) is 7.23. The van der Waals surface area contributed by atoms with Gasteiger partial charge in [-0.2, -0.15) is 0 Å². The molecule has 0 spiro atoms. The van der Waals surface area contributed by atoms with Crippen molar-refractivity contribution in [2.75, 3.05) is 19.8 Å². The Labute approximate surface area is 210 Å². The molecule has 0 atom stereocenters. The molecule has 182 valence electrons. The minimum Gasteiger partial charge on any atom is -0.490 e. The van der Waals surface area contributed by atoms with Crippen molar-refractivity contribution in [3.63, 3.8) is 0 Å². The zero-order valence-corrected chi connectivity index (χ0v) is 20.4. The zero-order chi connectivity index (χ0) is 24.3. The molecule has 1 heterocycles. The van der Waals surface area contributed by atoms with E-state index >= 15 is 0 Å². The molecular weight excluding hydrogens is 462 g/mol. The number of carbonyl (C=O) groups is 1. The number of ether oxygens (including phenoxy) is 2. The van der Waals surface area contributed by atoms with Gasteiger partial charge in [0.05, 0.1) is 22.6 Å². The van der Waals surface area contributed by atoms with Crippen LogP contribution >= 0.6 is 11.6 Å². The summed E-state index contributed by atoms with van der Waals surface area (Å²) >= 11 is 6.21. The summed E-state index contributed by atoms with van der Waals surface area (Å²) in [6, 6.07) is 25.0. The second-order valence-corrected chi connectivity index (χ2v) is 8.62. The smallest absolute Gasteiger partial charge is 0.257 e. The Morgan fingerprint density at radius 3 is 2.51 bits per heavy atom. The Morgan fingerprint density at radius 1 is 0.886 bits per heavy atom. The normalized spacial score (nSPS) is 10.9. The van der Waals surface area contributed by atoms with Crippen LogP contribution in [0.3, 0.4) is 0 Å². The third-order valence-electron chi connectivity index (χ3n) is 5.66. The van der Waals surface area contributed by atoms with Crippen LogP contribution in [0.2, 0.25) is 5.02 Å². The molecule has 0 aliphatic carbocycles. The van der Waals surface area contributed by atoms with E-state index in [0.29, 0.717) is 36.2 Å². The first-order valence-electron chi connectivity index (χ1n) is 12.0. The third-order valence-corrected chi connectivity index (χ3v) is 5.97. The van der Waals surface area contributed by atoms with Gasteiger partial charge >= 0.3 is 0 Å². The summed E-state index contributed by atoms with van der Waals surface area (Å²) in [5.41, 5.74) is 2.10. The Kier molecular flexibility index (Phi) is 9.01. The van der Waals surface area contributed by atoms with E-state index in [-0.39, 0.29) is 12.5 Å². The summed E-state index contributed by atoms with van der Waals surface area (Å²) in [6.07, 6.45) is 3.77. The largest absolute Gasteiger partial charge is 0.490 e. The molecule has 0 radical (unpaired) electrons. The highest BCUT2D eigenvalue weighted by molar-refractivity contribution is 6.32. The van der Waals surface area contributed by atoms with Crippen LogP contribution in [0.1, 0.15) is 25.1 Å². The molecule has 4 aromatic rings. The first-order chi connectivity index (χ1) is 17.2. The van der Waals surface area contributed by atoms with Crippen LogP contribution < -0.4 is 14.8 Å². The van der Waals surface area contributed by atoms with Crippen molar-refractivity contribution in [1.82, 2.24) is 14.9 Å². The number of carbonyl (C=O) groups excluding carboxylic acids is 1. The molecular formula is C28H30ClN3O3. The van der Waals surface area contributed by atoms with E-state index in [1.165, 1.54) is 0 Å². The fourth-order valence-corrected chi connectivity index (χ4v) is 4.09. The lowest BCUT2D eigenvalue weighted by atomic mass is 10.2. The molecule has 7 heteroatoms. The average molecular weight is 492 g/mol. The number of amides is 1. The first-order valence-corrected chi connectivity index (χ1v) is 12.3. The summed E-state index contributed by atoms with van der Waals surface area (Å²) < 4.78 is 13.6. The van der Waals surface area contributed by atoms with Crippen molar-refractivity contribution in [1.29, 1.82) is 0 Å². The quantitative estimate of drug-likeness (QED) is 0.244. The highest BCUT2D eigenvalue weighted by Gasteiger charge is 2.11. The van der Waals surface area contributed by atoms with Crippen LogP contribution in [0.5, 0.6) is 11.5 Å². The van der Waals surface area contributed by atoms with Gasteiger partial charge in [0.15, 0.2) is 6.61 Å². The topological polar surface area (TPSA) is 65.4 Å². The Morgan fingerprint density at radius 2 is 1.66 bits per heavy atom. The molecule has 0 aliphatic heterocycles. The van der Waals surface area contributed by atoms with Crippen LogP contribution in [0.15, 0.2) is 78.9 Å². The number of halogens is 1. The predicted molar refractivity (Wildman–Crippen MR) is 139 cm³/mol. The van der Waals surface area contributed by atoms with Gasteiger partial charge in [-0.15, -0.1) is 0 Å². The molecule has 4 rings (SSSR count). The minimum absolute atomic E-state index is 0.0320. The second-order valence-electron chi connectivity index (χ2n) is 8.21. The molecule has 1 amide bonds. The number of aryl methyl sites for hydroxylation is 1. The molecule has 0 saturated heterocycles. The van der Waals surface area contributed by atoms with Gasteiger partial charge in [0.25, 0.3) is 5.91 Å². The first kappa shape index (κ1) is 24.6. The molecule has 1 N–H and O–H groups in total. The van der Waals surface area contributed by atoms with E-state index in [0.717, 1.165) is 42.5 Å². The van der Waals surface area contributed by atoms with Crippen molar-refractivity contribution >= 4 is 28.5 Å². The number of benzene rings is 3. The van der Waals surface area contributed by atoms with Crippen LogP contribution in [-0.4, -0.2) is 35.2 Å². The van der Waals surface area contributed by atoms with E-state index < -0.39 is 0 Å². The molecule has 6 nitrogen and oxygen atoms in total. The summed E-state index contributed by atoms with van der Waals surface area (Å²) in [7, 11) is 0. The highest BCUT2D eigenvalue weighted by Crippen LogP contribution is 2.23. The molecule has 0 aliphatic rings. The Bertz CT molecular complexity index is 1230. The van der Waals surface area contributed by atoms with Crippen molar-refractivity contribution in [2.24, 2.45) is 0 Å². The maximum atomic E-state index is 12.0. The van der Waals surface area contributed by atoms with E-state index in [1.54, 1.807) is 0 Å². The maximum Gasteiger partial charge on any atom is 0.257 e. The maximum absolute atomic E-state index is 12.0. The number of nitrogens with zero attached hydrogens (tertiary/aromatic N) is 2. The summed E-state index contributed by atoms with van der Waals surface area (Å²) in [5, 5.41) is 3.53. The minimum atomic E-state index is -0.103. The fraction of sp³-hybridized carbons (Fsp3) is 0.286. The number of hydrogen-bond acceptors (Lipinski definition) is 4. The summed E-state index contributed by atoms with van der Waals surface area (Å²) in [4.78, 5) is 16.8. The van der Waals surface area contributed by atoms with Crippen molar-refractivity contribution < 1.29 is 14.3 Å². The number of fused-ring (bicyclic) bond motifs is 1. The lowest BCUT2D eigenvalue weighted by Gasteiger charge is -2.12. The lowest BCUT2D eigenvalue weighted by molar-refractivity contribution is -0.123. The average Bonchev–Trinajstić information content (AvgIpc) is 3.24. The Hall–Kier alpha value is -3.51. The monoisotopic (exact) mass is 491 g/mol. The lowest BCUT2D eigenvalue weighted by Crippen LogP contribution is -2.29. The van der Waals surface area contributed by atoms with Gasteiger partial charge in [-0.3, -0.25) is 4.79 Å².